The van der Waals surface area contributed by atoms with Gasteiger partial charge in [0.15, 0.2) is 0 Å². The third-order valence-electron chi connectivity index (χ3n) is 3.29. The van der Waals surface area contributed by atoms with Gasteiger partial charge >= 0.3 is 0 Å². The third kappa shape index (κ3) is 3.16. The minimum Gasteiger partial charge on any atom is -0.486 e. The number of β-amino-alcohol motifs (C(OH)–C–C–N with tert-alkyl or cyclic N) is 1. The molecule has 2 atom stereocenters. The van der Waals surface area contributed by atoms with Gasteiger partial charge in [-0.15, -0.1) is 0 Å². The van der Waals surface area contributed by atoms with Gasteiger partial charge in [0, 0.05) is 6.54 Å². The van der Waals surface area contributed by atoms with E-state index in [0.29, 0.717) is 23.2 Å². The van der Waals surface area contributed by atoms with Crippen molar-refractivity contribution in [2.24, 2.45) is 0 Å². The van der Waals surface area contributed by atoms with Gasteiger partial charge in [-0.1, -0.05) is 31.5 Å². The van der Waals surface area contributed by atoms with Crippen molar-refractivity contribution in [1.29, 1.82) is 0 Å². The van der Waals surface area contributed by atoms with Gasteiger partial charge in [-0.25, -0.2) is 0 Å². The number of hydrogen-bond donors (Lipinski definition) is 2. The lowest BCUT2D eigenvalue weighted by Crippen LogP contribution is -2.46. The molecule has 0 bridgehead atoms. The average Bonchev–Trinajstić information content (AvgIpc) is 2.34. The lowest BCUT2D eigenvalue weighted by atomic mass is 10.0. The van der Waals surface area contributed by atoms with E-state index in [9.17, 15) is 5.11 Å². The predicted octanol–water partition coefficient (Wildman–Crippen LogP) is 2.57. The minimum atomic E-state index is -0.473. The summed E-state index contributed by atoms with van der Waals surface area (Å²) in [5.41, 5.74) is 1.19. The van der Waals surface area contributed by atoms with Gasteiger partial charge in [0.2, 0.25) is 0 Å². The van der Waals surface area contributed by atoms with Gasteiger partial charge in [-0.2, -0.15) is 0 Å². The molecule has 0 radical (unpaired) electrons. The molecule has 2 unspecified atom stereocenters. The zero-order chi connectivity index (χ0) is 13.1. The van der Waals surface area contributed by atoms with Crippen LogP contribution >= 0.6 is 11.6 Å². The molecule has 2 rings (SSSR count). The van der Waals surface area contributed by atoms with Crippen LogP contribution in [0.1, 0.15) is 31.7 Å². The van der Waals surface area contributed by atoms with Crippen LogP contribution in [-0.4, -0.2) is 30.4 Å². The molecule has 1 aliphatic rings. The summed E-state index contributed by atoms with van der Waals surface area (Å²) in [6, 6.07) is 5.86. The van der Waals surface area contributed by atoms with E-state index >= 15 is 0 Å². The number of aliphatic hydroxyl groups is 1. The quantitative estimate of drug-likeness (QED) is 0.886. The summed E-state index contributed by atoms with van der Waals surface area (Å²) in [5.74, 6) is 1.10. The molecule has 1 aromatic rings. The first-order valence-electron chi connectivity index (χ1n) is 6.43. The van der Waals surface area contributed by atoms with Crippen molar-refractivity contribution in [3.05, 3.63) is 28.8 Å². The van der Waals surface area contributed by atoms with Gasteiger partial charge in [0.05, 0.1) is 5.02 Å². The van der Waals surface area contributed by atoms with E-state index in [-0.39, 0.29) is 6.10 Å². The van der Waals surface area contributed by atoms with Crippen LogP contribution in [0.5, 0.6) is 5.75 Å². The van der Waals surface area contributed by atoms with E-state index in [2.05, 4.69) is 19.2 Å². The van der Waals surface area contributed by atoms with E-state index in [1.807, 2.05) is 18.2 Å². The lowest BCUT2D eigenvalue weighted by Gasteiger charge is -2.29. The Morgan fingerprint density at radius 1 is 1.44 bits per heavy atom. The fourth-order valence-electron chi connectivity index (χ4n) is 2.09. The van der Waals surface area contributed by atoms with Crippen LogP contribution < -0.4 is 10.1 Å². The molecule has 0 aromatic heterocycles. The second-order valence-corrected chi connectivity index (χ2v) is 5.47. The SMILES string of the molecule is CC(C)c1ccc(OC2CCNCC2O)c(Cl)c1. The van der Waals surface area contributed by atoms with Crippen molar-refractivity contribution in [2.45, 2.75) is 38.4 Å². The largest absolute Gasteiger partial charge is 0.486 e. The normalized spacial score (nSPS) is 24.3. The number of piperidine rings is 1. The highest BCUT2D eigenvalue weighted by molar-refractivity contribution is 6.32. The van der Waals surface area contributed by atoms with Crippen LogP contribution in [0.25, 0.3) is 0 Å². The molecule has 0 spiro atoms. The summed E-state index contributed by atoms with van der Waals surface area (Å²) in [6.45, 7) is 5.70. The molecule has 3 nitrogen and oxygen atoms in total. The van der Waals surface area contributed by atoms with E-state index in [4.69, 9.17) is 16.3 Å². The second-order valence-electron chi connectivity index (χ2n) is 5.06. The number of ether oxygens (including phenoxy) is 1. The number of aliphatic hydroxyl groups excluding tert-OH is 1. The number of benzene rings is 1. The molecule has 4 heteroatoms. The van der Waals surface area contributed by atoms with Crippen molar-refractivity contribution in [2.75, 3.05) is 13.1 Å². The third-order valence-corrected chi connectivity index (χ3v) is 3.58. The highest BCUT2D eigenvalue weighted by atomic mass is 35.5. The Balaban J connectivity index is 2.09. The first kappa shape index (κ1) is 13.7. The zero-order valence-electron chi connectivity index (χ0n) is 10.8. The Bertz CT molecular complexity index is 409. The van der Waals surface area contributed by atoms with Crippen LogP contribution in [-0.2, 0) is 0 Å². The number of rotatable bonds is 3. The van der Waals surface area contributed by atoms with Crippen LogP contribution in [0.4, 0.5) is 0 Å². The predicted molar refractivity (Wildman–Crippen MR) is 73.5 cm³/mol. The Kier molecular flexibility index (Phi) is 4.49. The monoisotopic (exact) mass is 269 g/mol. The molecule has 2 N–H and O–H groups in total. The van der Waals surface area contributed by atoms with Gasteiger partial charge in [-0.3, -0.25) is 0 Å². The van der Waals surface area contributed by atoms with E-state index in [1.54, 1.807) is 0 Å². The molecule has 1 heterocycles. The molecule has 1 aromatic carbocycles. The summed E-state index contributed by atoms with van der Waals surface area (Å²) >= 11 is 6.22. The molecular formula is C14H20ClNO2. The number of hydrogen-bond acceptors (Lipinski definition) is 3. The summed E-state index contributed by atoms with van der Waals surface area (Å²) in [7, 11) is 0. The lowest BCUT2D eigenvalue weighted by molar-refractivity contribution is 0.0163. The number of nitrogens with one attached hydrogen (secondary N) is 1. The Hall–Kier alpha value is -0.770. The fraction of sp³-hybridized carbons (Fsp3) is 0.571. The van der Waals surface area contributed by atoms with Gasteiger partial charge in [0.1, 0.15) is 18.0 Å². The maximum Gasteiger partial charge on any atom is 0.138 e. The van der Waals surface area contributed by atoms with Crippen molar-refractivity contribution in [3.8, 4) is 5.75 Å². The first-order valence-corrected chi connectivity index (χ1v) is 6.80. The molecule has 0 aliphatic carbocycles. The van der Waals surface area contributed by atoms with Crippen molar-refractivity contribution >= 4 is 11.6 Å². The van der Waals surface area contributed by atoms with Gasteiger partial charge in [-0.05, 0) is 36.6 Å². The second kappa shape index (κ2) is 5.91. The highest BCUT2D eigenvalue weighted by Gasteiger charge is 2.25. The molecule has 0 amide bonds. The van der Waals surface area contributed by atoms with E-state index < -0.39 is 6.10 Å². The van der Waals surface area contributed by atoms with Gasteiger partial charge in [0.25, 0.3) is 0 Å². The molecular weight excluding hydrogens is 250 g/mol. The molecule has 1 fully saturated rings. The summed E-state index contributed by atoms with van der Waals surface area (Å²) in [5, 5.41) is 13.6. The minimum absolute atomic E-state index is 0.173. The first-order chi connectivity index (χ1) is 8.58. The van der Waals surface area contributed by atoms with E-state index in [1.165, 1.54) is 5.56 Å². The Labute approximate surface area is 113 Å². The standard InChI is InChI=1S/C14H20ClNO2/c1-9(2)10-3-4-13(11(15)7-10)18-14-5-6-16-8-12(14)17/h3-4,7,9,12,14,16-17H,5-6,8H2,1-2H3. The zero-order valence-corrected chi connectivity index (χ0v) is 11.6. The molecule has 100 valence electrons. The maximum atomic E-state index is 9.83. The average molecular weight is 270 g/mol. The van der Waals surface area contributed by atoms with Crippen LogP contribution in [0, 0.1) is 0 Å². The Morgan fingerprint density at radius 2 is 2.22 bits per heavy atom. The Morgan fingerprint density at radius 3 is 2.83 bits per heavy atom. The van der Waals surface area contributed by atoms with Crippen LogP contribution in [0.15, 0.2) is 18.2 Å². The molecule has 0 saturated carbocycles. The summed E-state index contributed by atoms with van der Waals surface area (Å²) in [6.07, 6.45) is 0.150. The maximum absolute atomic E-state index is 9.83. The molecule has 1 saturated heterocycles. The summed E-state index contributed by atoms with van der Waals surface area (Å²) < 4.78 is 5.81. The highest BCUT2D eigenvalue weighted by Crippen LogP contribution is 2.30. The van der Waals surface area contributed by atoms with Crippen molar-refractivity contribution < 1.29 is 9.84 Å². The number of halogens is 1. The van der Waals surface area contributed by atoms with Crippen LogP contribution in [0.2, 0.25) is 5.02 Å². The fourth-order valence-corrected chi connectivity index (χ4v) is 2.32. The van der Waals surface area contributed by atoms with Crippen molar-refractivity contribution in [1.82, 2.24) is 5.32 Å². The van der Waals surface area contributed by atoms with E-state index in [0.717, 1.165) is 13.0 Å². The van der Waals surface area contributed by atoms with Crippen molar-refractivity contribution in [3.63, 3.8) is 0 Å². The topological polar surface area (TPSA) is 41.5 Å². The molecule has 18 heavy (non-hydrogen) atoms. The van der Waals surface area contributed by atoms with Gasteiger partial charge < -0.3 is 15.2 Å². The molecule has 1 aliphatic heterocycles. The summed E-state index contributed by atoms with van der Waals surface area (Å²) in [4.78, 5) is 0. The van der Waals surface area contributed by atoms with Crippen LogP contribution in [0.3, 0.4) is 0 Å². The smallest absolute Gasteiger partial charge is 0.138 e.